The molecule has 0 spiro atoms. The average molecular weight is 289 g/mol. The molecule has 0 aliphatic rings. The normalized spacial score (nSPS) is 11.9. The van der Waals surface area contributed by atoms with Crippen molar-refractivity contribution in [2.24, 2.45) is 0 Å². The molecule has 0 aromatic carbocycles. The number of hydrogen-bond acceptors (Lipinski definition) is 5. The number of carbonyl (C=O) groups is 1. The first-order valence-electron chi connectivity index (χ1n) is 6.90. The van der Waals surface area contributed by atoms with Gasteiger partial charge in [-0.25, -0.2) is 9.67 Å². The van der Waals surface area contributed by atoms with Crippen LogP contribution < -0.4 is 10.1 Å². The maximum atomic E-state index is 11.9. The van der Waals surface area contributed by atoms with Gasteiger partial charge >= 0.3 is 0 Å². The van der Waals surface area contributed by atoms with Crippen LogP contribution in [0.15, 0.2) is 30.9 Å². The monoisotopic (exact) mass is 289 g/mol. The third-order valence-corrected chi connectivity index (χ3v) is 2.85. The molecule has 2 aromatic rings. The van der Waals surface area contributed by atoms with Gasteiger partial charge in [0.05, 0.1) is 12.2 Å². The van der Waals surface area contributed by atoms with Gasteiger partial charge in [0.2, 0.25) is 0 Å². The molecule has 1 amide bonds. The van der Waals surface area contributed by atoms with E-state index in [-0.39, 0.29) is 18.6 Å². The quantitative estimate of drug-likeness (QED) is 0.831. The zero-order valence-electron chi connectivity index (χ0n) is 12.2. The van der Waals surface area contributed by atoms with Crippen LogP contribution in [-0.4, -0.2) is 32.3 Å². The Kier molecular flexibility index (Phi) is 5.25. The van der Waals surface area contributed by atoms with E-state index in [1.165, 1.54) is 6.33 Å². The van der Waals surface area contributed by atoms with Crippen LogP contribution in [0.3, 0.4) is 0 Å². The molecule has 7 nitrogen and oxygen atoms in total. The van der Waals surface area contributed by atoms with E-state index in [9.17, 15) is 4.79 Å². The van der Waals surface area contributed by atoms with Crippen LogP contribution in [0.5, 0.6) is 5.75 Å². The molecular weight excluding hydrogens is 270 g/mol. The summed E-state index contributed by atoms with van der Waals surface area (Å²) in [4.78, 5) is 20.0. The topological polar surface area (TPSA) is 81.9 Å². The molecule has 112 valence electrons. The van der Waals surface area contributed by atoms with Gasteiger partial charge in [0.25, 0.3) is 5.91 Å². The number of rotatable bonds is 7. The van der Waals surface area contributed by atoms with Gasteiger partial charge in [-0.1, -0.05) is 6.92 Å². The van der Waals surface area contributed by atoms with Gasteiger partial charge in [-0.15, -0.1) is 0 Å². The second kappa shape index (κ2) is 7.37. The Morgan fingerprint density at radius 2 is 2.38 bits per heavy atom. The molecule has 0 bridgehead atoms. The molecule has 21 heavy (non-hydrogen) atoms. The van der Waals surface area contributed by atoms with Crippen LogP contribution in [0.25, 0.3) is 0 Å². The highest BCUT2D eigenvalue weighted by Crippen LogP contribution is 2.09. The third kappa shape index (κ3) is 4.27. The van der Waals surface area contributed by atoms with Crippen molar-refractivity contribution in [2.45, 2.75) is 32.9 Å². The Hall–Kier alpha value is -2.44. The van der Waals surface area contributed by atoms with E-state index >= 15 is 0 Å². The largest absolute Gasteiger partial charge is 0.482 e. The van der Waals surface area contributed by atoms with Crippen molar-refractivity contribution in [3.63, 3.8) is 0 Å². The van der Waals surface area contributed by atoms with Crippen molar-refractivity contribution in [1.29, 1.82) is 0 Å². The molecule has 0 aliphatic heterocycles. The molecule has 0 fully saturated rings. The fourth-order valence-corrected chi connectivity index (χ4v) is 1.92. The number of aromatic nitrogens is 4. The Balaban J connectivity index is 1.85. The Bertz CT molecular complexity index is 570. The number of aryl methyl sites for hydroxylation is 1. The summed E-state index contributed by atoms with van der Waals surface area (Å²) in [6.07, 6.45) is 5.67. The lowest BCUT2D eigenvalue weighted by molar-refractivity contribution is -0.123. The van der Waals surface area contributed by atoms with E-state index in [1.807, 2.05) is 6.92 Å². The zero-order chi connectivity index (χ0) is 15.1. The van der Waals surface area contributed by atoms with Crippen molar-refractivity contribution in [3.05, 3.63) is 36.7 Å². The lowest BCUT2D eigenvalue weighted by Crippen LogP contribution is -2.32. The molecule has 1 N–H and O–H groups in total. The molecule has 2 heterocycles. The summed E-state index contributed by atoms with van der Waals surface area (Å²) in [6.45, 7) is 4.66. The lowest BCUT2D eigenvalue weighted by Gasteiger charge is -2.14. The van der Waals surface area contributed by atoms with Gasteiger partial charge in [0.15, 0.2) is 6.61 Å². The molecule has 0 saturated heterocycles. The molecule has 1 atom stereocenters. The second-order valence-corrected chi connectivity index (χ2v) is 4.61. The van der Waals surface area contributed by atoms with Crippen LogP contribution in [-0.2, 0) is 11.3 Å². The minimum Gasteiger partial charge on any atom is -0.482 e. The predicted octanol–water partition coefficient (Wildman–Crippen LogP) is 1.34. The van der Waals surface area contributed by atoms with Crippen molar-refractivity contribution in [1.82, 2.24) is 25.1 Å². The van der Waals surface area contributed by atoms with Crippen molar-refractivity contribution in [3.8, 4) is 5.75 Å². The minimum absolute atomic E-state index is 0.0576. The van der Waals surface area contributed by atoms with E-state index < -0.39 is 0 Å². The number of amides is 1. The number of nitrogens with one attached hydrogen (secondary N) is 1. The highest BCUT2D eigenvalue weighted by molar-refractivity contribution is 5.77. The summed E-state index contributed by atoms with van der Waals surface area (Å²) >= 11 is 0. The highest BCUT2D eigenvalue weighted by Gasteiger charge is 2.15. The van der Waals surface area contributed by atoms with Crippen LogP contribution >= 0.6 is 0 Å². The predicted molar refractivity (Wildman–Crippen MR) is 76.6 cm³/mol. The van der Waals surface area contributed by atoms with Gasteiger partial charge in [-0.3, -0.25) is 9.78 Å². The highest BCUT2D eigenvalue weighted by atomic mass is 16.5. The maximum Gasteiger partial charge on any atom is 0.258 e. The van der Waals surface area contributed by atoms with Crippen LogP contribution in [0, 0.1) is 0 Å². The molecule has 0 saturated carbocycles. The molecule has 2 aromatic heterocycles. The van der Waals surface area contributed by atoms with E-state index in [1.54, 1.807) is 29.2 Å². The SMILES string of the molecule is CCCn1ncnc1[C@H](C)NC(=O)COc1cccnc1. The number of nitrogens with zero attached hydrogens (tertiary/aromatic N) is 4. The van der Waals surface area contributed by atoms with Gasteiger partial charge in [0, 0.05) is 12.7 Å². The summed E-state index contributed by atoms with van der Waals surface area (Å²) in [5.74, 6) is 1.10. The smallest absolute Gasteiger partial charge is 0.258 e. The fourth-order valence-electron chi connectivity index (χ4n) is 1.92. The molecular formula is C14H19N5O2. The van der Waals surface area contributed by atoms with E-state index in [0.29, 0.717) is 5.75 Å². The van der Waals surface area contributed by atoms with Crippen molar-refractivity contribution in [2.75, 3.05) is 6.61 Å². The summed E-state index contributed by atoms with van der Waals surface area (Å²) in [5.41, 5.74) is 0. The van der Waals surface area contributed by atoms with E-state index in [4.69, 9.17) is 4.74 Å². The zero-order valence-corrected chi connectivity index (χ0v) is 12.2. The second-order valence-electron chi connectivity index (χ2n) is 4.61. The first-order valence-corrected chi connectivity index (χ1v) is 6.90. The van der Waals surface area contributed by atoms with Crippen LogP contribution in [0.2, 0.25) is 0 Å². The van der Waals surface area contributed by atoms with Gasteiger partial charge < -0.3 is 10.1 Å². The maximum absolute atomic E-state index is 11.9. The summed E-state index contributed by atoms with van der Waals surface area (Å²) < 4.78 is 7.14. The van der Waals surface area contributed by atoms with Crippen molar-refractivity contribution < 1.29 is 9.53 Å². The minimum atomic E-state index is -0.218. The van der Waals surface area contributed by atoms with E-state index in [0.717, 1.165) is 18.8 Å². The van der Waals surface area contributed by atoms with Crippen molar-refractivity contribution >= 4 is 5.91 Å². The summed E-state index contributed by atoms with van der Waals surface area (Å²) in [5, 5.41) is 6.99. The third-order valence-electron chi connectivity index (χ3n) is 2.85. The molecule has 0 aliphatic carbocycles. The summed E-state index contributed by atoms with van der Waals surface area (Å²) in [6, 6.07) is 3.29. The first-order chi connectivity index (χ1) is 10.2. The fraction of sp³-hybridized carbons (Fsp3) is 0.429. The summed E-state index contributed by atoms with van der Waals surface area (Å²) in [7, 11) is 0. The molecule has 2 rings (SSSR count). The van der Waals surface area contributed by atoms with Crippen LogP contribution in [0.4, 0.5) is 0 Å². The van der Waals surface area contributed by atoms with Gasteiger partial charge in [-0.2, -0.15) is 5.10 Å². The number of pyridine rings is 1. The number of carbonyl (C=O) groups excluding carboxylic acids is 1. The lowest BCUT2D eigenvalue weighted by atomic mass is 10.3. The standard InChI is InChI=1S/C14H19N5O2/c1-3-7-19-14(16-10-17-19)11(2)18-13(20)9-21-12-5-4-6-15-8-12/h4-6,8,10-11H,3,7,9H2,1-2H3,(H,18,20)/t11-/m0/s1. The van der Waals surface area contributed by atoms with Crippen LogP contribution in [0.1, 0.15) is 32.1 Å². The molecule has 0 unspecified atom stereocenters. The number of hydrogen-bond donors (Lipinski definition) is 1. The van der Waals surface area contributed by atoms with Gasteiger partial charge in [0.1, 0.15) is 17.9 Å². The first kappa shape index (κ1) is 15.0. The Labute approximate surface area is 123 Å². The number of ether oxygens (including phenoxy) is 1. The Morgan fingerprint density at radius 3 is 3.10 bits per heavy atom. The molecule has 0 radical (unpaired) electrons. The molecule has 7 heteroatoms. The average Bonchev–Trinajstić information content (AvgIpc) is 2.95. The Morgan fingerprint density at radius 1 is 1.52 bits per heavy atom. The van der Waals surface area contributed by atoms with E-state index in [2.05, 4.69) is 27.3 Å². The van der Waals surface area contributed by atoms with Gasteiger partial charge in [-0.05, 0) is 25.5 Å².